The van der Waals surface area contributed by atoms with Gasteiger partial charge in [0, 0.05) is 19.3 Å². The highest BCUT2D eigenvalue weighted by atomic mass is 31.2. The molecule has 0 rings (SSSR count). The highest BCUT2D eigenvalue weighted by Gasteiger charge is 2.30. The van der Waals surface area contributed by atoms with Gasteiger partial charge in [0.25, 0.3) is 0 Å². The second-order valence-electron chi connectivity index (χ2n) is 34.6. The zero-order chi connectivity index (χ0) is 92.1. The lowest BCUT2D eigenvalue weighted by Gasteiger charge is -2.21. The normalized spacial score (nSPS) is 14.3. The summed E-state index contributed by atoms with van der Waals surface area (Å²) in [5.41, 5.74) is 0. The molecular formula is C109H190O16P2. The summed E-state index contributed by atoms with van der Waals surface area (Å²) in [6.07, 6.45) is 130. The lowest BCUT2D eigenvalue weighted by molar-refractivity contribution is -0.161. The summed E-state index contributed by atoms with van der Waals surface area (Å²) < 4.78 is 61.7. The molecule has 0 aromatic heterocycles. The number of unbranched alkanes of at least 4 members (excludes halogenated alkanes) is 49. The van der Waals surface area contributed by atoms with Crippen molar-refractivity contribution in [2.24, 2.45) is 0 Å². The van der Waals surface area contributed by atoms with Crippen LogP contribution in [0, 0.1) is 0 Å². The van der Waals surface area contributed by atoms with E-state index in [1.54, 1.807) is 0 Å². The van der Waals surface area contributed by atoms with Crippen LogP contribution < -0.4 is 0 Å². The first-order valence-corrected chi connectivity index (χ1v) is 54.8. The van der Waals surface area contributed by atoms with Crippen LogP contribution in [0.25, 0.3) is 0 Å². The van der Waals surface area contributed by atoms with Crippen molar-refractivity contribution in [2.45, 2.75) is 476 Å². The van der Waals surface area contributed by atoms with Crippen LogP contribution in [0.15, 0.2) is 158 Å². The zero-order valence-corrected chi connectivity index (χ0v) is 82.9. The summed E-state index contributed by atoms with van der Waals surface area (Å²) in [4.78, 5) is 59.2. The fourth-order valence-corrected chi connectivity index (χ4v) is 16.0. The van der Waals surface area contributed by atoms with Gasteiger partial charge < -0.3 is 34.2 Å². The Morgan fingerprint density at radius 3 is 0.661 bits per heavy atom. The van der Waals surface area contributed by atoms with Gasteiger partial charge in [0.15, 0.2) is 6.10 Å². The highest BCUT2D eigenvalue weighted by molar-refractivity contribution is 7.47. The maximum atomic E-state index is 13.1. The van der Waals surface area contributed by atoms with Crippen molar-refractivity contribution in [1.82, 2.24) is 0 Å². The lowest BCUT2D eigenvalue weighted by atomic mass is 10.0. The number of carbonyl (C=O) groups excluding carboxylic acids is 3. The summed E-state index contributed by atoms with van der Waals surface area (Å²) >= 11 is 0. The quantitative estimate of drug-likeness (QED) is 0.0146. The number of aliphatic hydroxyl groups excluding tert-OH is 2. The number of phosphoric ester groups is 2. The Kier molecular flexibility index (Phi) is 96.4. The summed E-state index contributed by atoms with van der Waals surface area (Å²) in [5, 5.41) is 20.8. The molecule has 0 aromatic carbocycles. The Morgan fingerprint density at radius 1 is 0.228 bits per heavy atom. The third-order valence-corrected chi connectivity index (χ3v) is 24.1. The smallest absolute Gasteiger partial charge is 0.463 e. The van der Waals surface area contributed by atoms with E-state index in [0.29, 0.717) is 19.3 Å². The molecule has 0 bridgehead atoms. The molecule has 0 amide bonds. The van der Waals surface area contributed by atoms with Crippen molar-refractivity contribution in [2.75, 3.05) is 39.6 Å². The second kappa shape index (κ2) is 100. The Hall–Kier alpha value is -4.83. The van der Waals surface area contributed by atoms with E-state index in [4.69, 9.17) is 32.3 Å². The summed E-state index contributed by atoms with van der Waals surface area (Å²) in [7, 11) is -9.82. The van der Waals surface area contributed by atoms with Crippen LogP contribution in [0.1, 0.15) is 457 Å². The molecule has 5 unspecified atom stereocenters. The molecule has 732 valence electrons. The van der Waals surface area contributed by atoms with E-state index >= 15 is 0 Å². The van der Waals surface area contributed by atoms with Crippen LogP contribution in [0.5, 0.6) is 0 Å². The SMILES string of the molecule is CC/C=C\C/C=C\C/C=C\C/C=C\C/C=C\CCCCCCCCCCCCCCCC(=O)OC(COC(=O)CCCCCCCCCCCCCCCCC/C=C\C/C=C\C/C=C\C/C=C\CCCCC)COP(=O)(O)OCC(O)COP(=O)(O)OCC(O)COC(=O)CCCCCCCCCCCCCCCCC/C=C\C/C=C\C/C=C\C/C=C\CCCCC. The van der Waals surface area contributed by atoms with Crippen LogP contribution in [-0.2, 0) is 55.8 Å². The van der Waals surface area contributed by atoms with E-state index in [-0.39, 0.29) is 19.3 Å². The first-order valence-electron chi connectivity index (χ1n) is 51.8. The second-order valence-corrected chi connectivity index (χ2v) is 37.5. The number of aliphatic hydroxyl groups is 2. The molecule has 0 aromatic rings. The zero-order valence-electron chi connectivity index (χ0n) is 81.2. The predicted molar refractivity (Wildman–Crippen MR) is 537 cm³/mol. The van der Waals surface area contributed by atoms with E-state index in [9.17, 15) is 43.5 Å². The van der Waals surface area contributed by atoms with Crippen LogP contribution >= 0.6 is 15.6 Å². The molecule has 0 aliphatic carbocycles. The number of allylic oxidation sites excluding steroid dienone is 26. The number of ether oxygens (including phenoxy) is 3. The number of esters is 3. The van der Waals surface area contributed by atoms with Crippen molar-refractivity contribution in [3.63, 3.8) is 0 Å². The monoisotopic (exact) mass is 1820 g/mol. The molecule has 5 atom stereocenters. The molecule has 4 N–H and O–H groups in total. The van der Waals surface area contributed by atoms with E-state index in [0.717, 1.165) is 141 Å². The van der Waals surface area contributed by atoms with Gasteiger partial charge in [-0.1, -0.05) is 442 Å². The van der Waals surface area contributed by atoms with Gasteiger partial charge in [-0.25, -0.2) is 9.13 Å². The minimum atomic E-state index is -4.95. The predicted octanol–water partition coefficient (Wildman–Crippen LogP) is 32.8. The minimum absolute atomic E-state index is 0.101. The third kappa shape index (κ3) is 102. The maximum Gasteiger partial charge on any atom is 0.472 e. The van der Waals surface area contributed by atoms with Crippen molar-refractivity contribution < 1.29 is 75.8 Å². The fraction of sp³-hybridized carbons (Fsp3) is 0.734. The Balaban J connectivity index is 4.62. The summed E-state index contributed by atoms with van der Waals surface area (Å²) in [6, 6.07) is 0. The Labute approximate surface area is 778 Å². The molecule has 0 saturated carbocycles. The topological polar surface area (TPSA) is 231 Å². The van der Waals surface area contributed by atoms with Crippen LogP contribution in [0.3, 0.4) is 0 Å². The van der Waals surface area contributed by atoms with Gasteiger partial charge >= 0.3 is 33.6 Å². The number of hydrogen-bond acceptors (Lipinski definition) is 14. The summed E-state index contributed by atoms with van der Waals surface area (Å²) in [6.45, 7) is 2.60. The van der Waals surface area contributed by atoms with Gasteiger partial charge in [-0.2, -0.15) is 0 Å². The molecule has 0 fully saturated rings. The number of phosphoric acid groups is 2. The number of rotatable bonds is 98. The molecule has 127 heavy (non-hydrogen) atoms. The van der Waals surface area contributed by atoms with Crippen LogP contribution in [0.2, 0.25) is 0 Å². The van der Waals surface area contributed by atoms with Gasteiger partial charge in [-0.3, -0.25) is 32.5 Å². The average molecular weight is 1820 g/mol. The molecule has 0 radical (unpaired) electrons. The molecular weight excluding hydrogens is 1630 g/mol. The first-order chi connectivity index (χ1) is 62.2. The largest absolute Gasteiger partial charge is 0.472 e. The van der Waals surface area contributed by atoms with E-state index in [1.165, 1.54) is 257 Å². The molecule has 0 spiro atoms. The molecule has 0 aliphatic heterocycles. The van der Waals surface area contributed by atoms with Crippen molar-refractivity contribution in [1.29, 1.82) is 0 Å². The van der Waals surface area contributed by atoms with E-state index in [2.05, 4.69) is 179 Å². The highest BCUT2D eigenvalue weighted by Crippen LogP contribution is 2.45. The third-order valence-electron chi connectivity index (χ3n) is 22.2. The van der Waals surface area contributed by atoms with Crippen molar-refractivity contribution in [3.8, 4) is 0 Å². The lowest BCUT2D eigenvalue weighted by Crippen LogP contribution is -2.30. The molecule has 16 nitrogen and oxygen atoms in total. The average Bonchev–Trinajstić information content (AvgIpc) is 0.906. The van der Waals surface area contributed by atoms with Gasteiger partial charge in [-0.05, 0) is 154 Å². The van der Waals surface area contributed by atoms with Crippen molar-refractivity contribution >= 4 is 33.6 Å². The molecule has 0 heterocycles. The first kappa shape index (κ1) is 122. The summed E-state index contributed by atoms with van der Waals surface area (Å²) in [5.74, 6) is -1.56. The van der Waals surface area contributed by atoms with Gasteiger partial charge in [0.05, 0.1) is 26.4 Å². The maximum absolute atomic E-state index is 13.1. The van der Waals surface area contributed by atoms with E-state index in [1.807, 2.05) is 0 Å². The van der Waals surface area contributed by atoms with Gasteiger partial charge in [0.1, 0.15) is 25.4 Å². The minimum Gasteiger partial charge on any atom is -0.463 e. The number of carbonyl (C=O) groups is 3. The fourth-order valence-electron chi connectivity index (χ4n) is 14.4. The standard InChI is InChI=1S/C109H190O16P2/c1-4-7-10-13-16-19-22-25-28-31-34-37-40-43-46-49-51-54-56-59-62-65-68-71-74-77-80-83-86-89-92-95-107(112)119-98-104(110)99-121-126(115,116)122-100-105(111)101-123-127(117,118)124-103-106(125-109(114)97-94-91-88-85-82-79-76-73-70-67-64-61-58-53-48-45-42-39-36-33-30-27-24-21-18-15-12-9-6-3)102-120-108(113)96-93-90-87-84-81-78-75-72-69-66-63-60-57-55-52-50-47-44-41-38-35-32-29-26-23-20-17-14-11-8-5-2/h9,12,16-21,25-30,34-39,43-48,104-106,110-111H,4-8,10-11,13-15,22-24,31-33,40-42,49-103H2,1-3H3,(H,115,116)(H,117,118)/b12-9-,19-16-,20-17-,21-18-,28-25-,29-26-,30-27-,37-34-,38-35-,39-36-,46-43-,47-44-,48-45-. The van der Waals surface area contributed by atoms with Gasteiger partial charge in [0.2, 0.25) is 0 Å². The Morgan fingerprint density at radius 2 is 0.417 bits per heavy atom. The van der Waals surface area contributed by atoms with E-state index < -0.39 is 91.5 Å². The molecule has 18 heteroatoms. The molecule has 0 saturated heterocycles. The molecule has 0 aliphatic rings. The van der Waals surface area contributed by atoms with Gasteiger partial charge in [-0.15, -0.1) is 0 Å². The van der Waals surface area contributed by atoms with Crippen LogP contribution in [-0.4, -0.2) is 95.9 Å². The van der Waals surface area contributed by atoms with Crippen LogP contribution in [0.4, 0.5) is 0 Å². The van der Waals surface area contributed by atoms with Crippen molar-refractivity contribution in [3.05, 3.63) is 158 Å². The Bertz CT molecular complexity index is 2940. The number of hydrogen-bond donors (Lipinski definition) is 4.